The summed E-state index contributed by atoms with van der Waals surface area (Å²) < 4.78 is 6.80. The van der Waals surface area contributed by atoms with E-state index in [0.29, 0.717) is 11.3 Å². The number of hydrogen-bond donors (Lipinski definition) is 1. The van der Waals surface area contributed by atoms with Crippen LogP contribution in [0, 0.1) is 0 Å². The van der Waals surface area contributed by atoms with Gasteiger partial charge in [0.25, 0.3) is 5.91 Å². The van der Waals surface area contributed by atoms with Gasteiger partial charge in [0.2, 0.25) is 0 Å². The van der Waals surface area contributed by atoms with Crippen LogP contribution in [0.5, 0.6) is 5.75 Å². The fraction of sp³-hybridized carbons (Fsp3) is 0.0714. The molecule has 0 aliphatic carbocycles. The van der Waals surface area contributed by atoms with Crippen LogP contribution in [0.15, 0.2) is 50.7 Å². The predicted molar refractivity (Wildman–Crippen MR) is 87.7 cm³/mol. The summed E-state index contributed by atoms with van der Waals surface area (Å²) in [6, 6.07) is 6.91. The SMILES string of the molecule is COc1c(Br)cc(/C=N\NC(=O)c2ccncc2)cc1Br. The zero-order valence-electron chi connectivity index (χ0n) is 11.0. The highest BCUT2D eigenvalue weighted by Gasteiger charge is 2.07. The van der Waals surface area contributed by atoms with E-state index in [4.69, 9.17) is 4.74 Å². The molecule has 0 atom stereocenters. The molecule has 1 heterocycles. The quantitative estimate of drug-likeness (QED) is 0.618. The summed E-state index contributed by atoms with van der Waals surface area (Å²) >= 11 is 6.81. The summed E-state index contributed by atoms with van der Waals surface area (Å²) in [4.78, 5) is 15.6. The van der Waals surface area contributed by atoms with E-state index >= 15 is 0 Å². The highest BCUT2D eigenvalue weighted by Crippen LogP contribution is 2.33. The average Bonchev–Trinajstić information content (AvgIpc) is 2.48. The van der Waals surface area contributed by atoms with Crippen molar-refractivity contribution < 1.29 is 9.53 Å². The molecule has 1 N–H and O–H groups in total. The van der Waals surface area contributed by atoms with E-state index in [1.54, 1.807) is 37.9 Å². The molecular formula is C14H11Br2N3O2. The largest absolute Gasteiger partial charge is 0.494 e. The maximum absolute atomic E-state index is 11.8. The van der Waals surface area contributed by atoms with Crippen molar-refractivity contribution in [2.24, 2.45) is 5.10 Å². The number of pyridine rings is 1. The topological polar surface area (TPSA) is 63.6 Å². The van der Waals surface area contributed by atoms with Gasteiger partial charge in [-0.15, -0.1) is 0 Å². The third kappa shape index (κ3) is 4.12. The van der Waals surface area contributed by atoms with Crippen LogP contribution in [0.4, 0.5) is 0 Å². The number of nitrogens with zero attached hydrogens (tertiary/aromatic N) is 2. The van der Waals surface area contributed by atoms with E-state index < -0.39 is 0 Å². The Kier molecular flexibility index (Phi) is 5.46. The number of aromatic nitrogens is 1. The smallest absolute Gasteiger partial charge is 0.271 e. The van der Waals surface area contributed by atoms with Crippen LogP contribution in [-0.4, -0.2) is 24.2 Å². The number of methoxy groups -OCH3 is 1. The lowest BCUT2D eigenvalue weighted by molar-refractivity contribution is 0.0955. The van der Waals surface area contributed by atoms with Crippen LogP contribution in [-0.2, 0) is 0 Å². The van der Waals surface area contributed by atoms with Crippen LogP contribution in [0.25, 0.3) is 0 Å². The lowest BCUT2D eigenvalue weighted by atomic mass is 10.2. The maximum atomic E-state index is 11.8. The second kappa shape index (κ2) is 7.33. The van der Waals surface area contributed by atoms with Crippen molar-refractivity contribution in [2.45, 2.75) is 0 Å². The van der Waals surface area contributed by atoms with Crippen LogP contribution < -0.4 is 10.2 Å². The van der Waals surface area contributed by atoms with Gasteiger partial charge in [-0.25, -0.2) is 5.43 Å². The van der Waals surface area contributed by atoms with Gasteiger partial charge in [-0.05, 0) is 61.7 Å². The van der Waals surface area contributed by atoms with Crippen molar-refractivity contribution in [3.63, 3.8) is 0 Å². The first-order valence-corrected chi connectivity index (χ1v) is 7.47. The molecule has 0 radical (unpaired) electrons. The Morgan fingerprint density at radius 2 is 1.90 bits per heavy atom. The molecule has 1 aromatic heterocycles. The predicted octanol–water partition coefficient (Wildman–Crippen LogP) is 3.38. The van der Waals surface area contributed by atoms with Gasteiger partial charge in [-0.3, -0.25) is 9.78 Å². The third-order valence-corrected chi connectivity index (χ3v) is 3.73. The molecule has 7 heteroatoms. The molecule has 0 saturated heterocycles. The summed E-state index contributed by atoms with van der Waals surface area (Å²) in [7, 11) is 1.59. The van der Waals surface area contributed by atoms with E-state index in [1.165, 1.54) is 0 Å². The van der Waals surface area contributed by atoms with E-state index in [-0.39, 0.29) is 5.91 Å². The minimum Gasteiger partial charge on any atom is -0.494 e. The van der Waals surface area contributed by atoms with Crippen molar-refractivity contribution in [2.75, 3.05) is 7.11 Å². The summed E-state index contributed by atoms with van der Waals surface area (Å²) in [6.07, 6.45) is 4.65. The van der Waals surface area contributed by atoms with Gasteiger partial charge < -0.3 is 4.74 Å². The number of ether oxygens (including phenoxy) is 1. The molecule has 0 saturated carbocycles. The zero-order valence-corrected chi connectivity index (χ0v) is 14.2. The van der Waals surface area contributed by atoms with Crippen molar-refractivity contribution in [3.8, 4) is 5.75 Å². The van der Waals surface area contributed by atoms with Crippen LogP contribution >= 0.6 is 31.9 Å². The summed E-state index contributed by atoms with van der Waals surface area (Å²) in [6.45, 7) is 0. The first-order chi connectivity index (χ1) is 10.1. The Balaban J connectivity index is 2.07. The summed E-state index contributed by atoms with van der Waals surface area (Å²) in [5.41, 5.74) is 3.76. The highest BCUT2D eigenvalue weighted by molar-refractivity contribution is 9.11. The molecule has 1 aromatic carbocycles. The molecule has 0 unspecified atom stereocenters. The van der Waals surface area contributed by atoms with Gasteiger partial charge in [0.05, 0.1) is 22.3 Å². The molecule has 0 aliphatic rings. The number of amides is 1. The molecule has 0 spiro atoms. The van der Waals surface area contributed by atoms with Crippen LogP contribution in [0.2, 0.25) is 0 Å². The van der Waals surface area contributed by atoms with Gasteiger partial charge in [0, 0.05) is 18.0 Å². The number of benzene rings is 1. The van der Waals surface area contributed by atoms with Crippen LogP contribution in [0.1, 0.15) is 15.9 Å². The summed E-state index contributed by atoms with van der Waals surface area (Å²) in [5.74, 6) is 0.410. The Morgan fingerprint density at radius 1 is 1.29 bits per heavy atom. The van der Waals surface area contributed by atoms with Gasteiger partial charge in [0.1, 0.15) is 5.75 Å². The van der Waals surface area contributed by atoms with Crippen molar-refractivity contribution in [1.82, 2.24) is 10.4 Å². The molecule has 0 fully saturated rings. The van der Waals surface area contributed by atoms with E-state index in [2.05, 4.69) is 47.4 Å². The fourth-order valence-electron chi connectivity index (χ4n) is 1.58. The average molecular weight is 413 g/mol. The lowest BCUT2D eigenvalue weighted by Gasteiger charge is -2.06. The Morgan fingerprint density at radius 3 is 2.48 bits per heavy atom. The Hall–Kier alpha value is -1.73. The minimum atomic E-state index is -0.291. The zero-order chi connectivity index (χ0) is 15.2. The van der Waals surface area contributed by atoms with Crippen molar-refractivity contribution in [1.29, 1.82) is 0 Å². The standard InChI is InChI=1S/C14H11Br2N3O2/c1-21-13-11(15)6-9(7-12(13)16)8-18-19-14(20)10-2-4-17-5-3-10/h2-8H,1H3,(H,19,20)/b18-8-. The number of nitrogens with one attached hydrogen (secondary N) is 1. The maximum Gasteiger partial charge on any atom is 0.271 e. The first kappa shape index (κ1) is 15.7. The summed E-state index contributed by atoms with van der Waals surface area (Å²) in [5, 5.41) is 3.93. The lowest BCUT2D eigenvalue weighted by Crippen LogP contribution is -2.17. The van der Waals surface area contributed by atoms with Crippen LogP contribution in [0.3, 0.4) is 0 Å². The number of carbonyl (C=O) groups excluding carboxylic acids is 1. The molecule has 21 heavy (non-hydrogen) atoms. The number of carbonyl (C=O) groups is 1. The van der Waals surface area contributed by atoms with Gasteiger partial charge in [-0.1, -0.05) is 0 Å². The van der Waals surface area contributed by atoms with E-state index in [0.717, 1.165) is 14.5 Å². The molecule has 2 aromatic rings. The molecule has 0 bridgehead atoms. The first-order valence-electron chi connectivity index (χ1n) is 5.88. The van der Waals surface area contributed by atoms with Crippen molar-refractivity contribution >= 4 is 44.0 Å². The number of hydrogen-bond acceptors (Lipinski definition) is 4. The van der Waals surface area contributed by atoms with Gasteiger partial charge in [-0.2, -0.15) is 5.10 Å². The minimum absolute atomic E-state index is 0.291. The molecular weight excluding hydrogens is 402 g/mol. The fourth-order valence-corrected chi connectivity index (χ4v) is 3.13. The highest BCUT2D eigenvalue weighted by atomic mass is 79.9. The second-order valence-corrected chi connectivity index (χ2v) is 5.66. The van der Waals surface area contributed by atoms with Gasteiger partial charge in [0.15, 0.2) is 0 Å². The van der Waals surface area contributed by atoms with Gasteiger partial charge >= 0.3 is 0 Å². The van der Waals surface area contributed by atoms with E-state index in [1.807, 2.05) is 12.1 Å². The van der Waals surface area contributed by atoms with Crippen molar-refractivity contribution in [3.05, 3.63) is 56.7 Å². The third-order valence-electron chi connectivity index (χ3n) is 2.55. The number of halogens is 2. The number of hydrazone groups is 1. The Bertz CT molecular complexity index is 652. The monoisotopic (exact) mass is 411 g/mol. The number of rotatable bonds is 4. The van der Waals surface area contributed by atoms with E-state index in [9.17, 15) is 4.79 Å². The molecule has 2 rings (SSSR count). The second-order valence-electron chi connectivity index (χ2n) is 3.95. The molecule has 108 valence electrons. The normalized spacial score (nSPS) is 10.6. The Labute approximate surface area is 138 Å². The molecule has 5 nitrogen and oxygen atoms in total. The molecule has 0 aliphatic heterocycles. The molecule has 1 amide bonds.